The van der Waals surface area contributed by atoms with Crippen molar-refractivity contribution in [2.45, 2.75) is 0 Å². The Morgan fingerprint density at radius 2 is 2.11 bits per heavy atom. The number of pyridine rings is 1. The first-order valence-electron chi connectivity index (χ1n) is 5.40. The van der Waals surface area contributed by atoms with E-state index in [4.69, 9.17) is 17.3 Å². The summed E-state index contributed by atoms with van der Waals surface area (Å²) in [6.45, 7) is -0.116. The molecule has 0 saturated carbocycles. The normalized spacial score (nSPS) is 10.3. The van der Waals surface area contributed by atoms with Crippen molar-refractivity contribution < 1.29 is 9.90 Å². The maximum absolute atomic E-state index is 10.7. The zero-order valence-corrected chi connectivity index (χ0v) is 10.6. The van der Waals surface area contributed by atoms with Gasteiger partial charge in [0.05, 0.1) is 5.52 Å². The van der Waals surface area contributed by atoms with E-state index >= 15 is 0 Å². The molecule has 1 aromatic carbocycles. The predicted molar refractivity (Wildman–Crippen MR) is 73.7 cm³/mol. The van der Waals surface area contributed by atoms with Crippen molar-refractivity contribution in [2.75, 3.05) is 13.6 Å². The Labute approximate surface area is 110 Å². The Balaban J connectivity index is 2.42. The minimum atomic E-state index is -0.904. The van der Waals surface area contributed by atoms with Gasteiger partial charge in [-0.2, -0.15) is 0 Å². The summed E-state index contributed by atoms with van der Waals surface area (Å²) in [6, 6.07) is 9.46. The molecule has 2 aromatic rings. The van der Waals surface area contributed by atoms with Crippen molar-refractivity contribution in [1.82, 2.24) is 9.88 Å². The second-order valence-electron chi connectivity index (χ2n) is 3.93. The van der Waals surface area contributed by atoms with E-state index in [2.05, 4.69) is 4.98 Å². The van der Waals surface area contributed by atoms with Crippen LogP contribution < -0.4 is 0 Å². The van der Waals surface area contributed by atoms with Crippen LogP contribution >= 0.6 is 12.2 Å². The number of hydrogen-bond donors (Lipinski definition) is 1. The summed E-state index contributed by atoms with van der Waals surface area (Å²) < 4.78 is 0. The van der Waals surface area contributed by atoms with Crippen LogP contribution in [0.4, 0.5) is 0 Å². The maximum atomic E-state index is 10.7. The molecule has 18 heavy (non-hydrogen) atoms. The number of carboxylic acid groups (broad SMARTS) is 1. The van der Waals surface area contributed by atoms with Gasteiger partial charge in [-0.1, -0.05) is 30.4 Å². The number of nitrogens with zero attached hydrogens (tertiary/aromatic N) is 2. The summed E-state index contributed by atoms with van der Waals surface area (Å²) >= 11 is 5.32. The van der Waals surface area contributed by atoms with Crippen molar-refractivity contribution in [3.63, 3.8) is 0 Å². The van der Waals surface area contributed by atoms with Gasteiger partial charge < -0.3 is 10.0 Å². The molecule has 4 nitrogen and oxygen atoms in total. The number of likely N-dealkylation sites (N-methyl/N-ethyl adjacent to an activating group) is 1. The molecular weight excluding hydrogens is 248 g/mol. The van der Waals surface area contributed by atoms with Gasteiger partial charge in [-0.3, -0.25) is 9.78 Å². The number of thiocarbonyl (C=S) groups is 1. The number of aromatic nitrogens is 1. The molecule has 0 amide bonds. The van der Waals surface area contributed by atoms with E-state index in [0.717, 1.165) is 16.5 Å². The maximum Gasteiger partial charge on any atom is 0.323 e. The number of carboxylic acids is 1. The molecule has 0 bridgehead atoms. The van der Waals surface area contributed by atoms with Crippen molar-refractivity contribution in [3.05, 3.63) is 42.1 Å². The summed E-state index contributed by atoms with van der Waals surface area (Å²) in [7, 11) is 1.67. The summed E-state index contributed by atoms with van der Waals surface area (Å²) in [4.78, 5) is 17.0. The van der Waals surface area contributed by atoms with Gasteiger partial charge >= 0.3 is 5.97 Å². The molecule has 0 radical (unpaired) electrons. The minimum absolute atomic E-state index is 0.116. The van der Waals surface area contributed by atoms with Gasteiger partial charge in [0, 0.05) is 24.2 Å². The molecule has 0 spiro atoms. The van der Waals surface area contributed by atoms with Gasteiger partial charge in [-0.05, 0) is 12.1 Å². The molecule has 1 aromatic heterocycles. The summed E-state index contributed by atoms with van der Waals surface area (Å²) in [5.41, 5.74) is 1.68. The van der Waals surface area contributed by atoms with Crippen LogP contribution in [0.3, 0.4) is 0 Å². The lowest BCUT2D eigenvalue weighted by Crippen LogP contribution is -2.31. The van der Waals surface area contributed by atoms with Crippen LogP contribution in [0.15, 0.2) is 36.5 Å². The first kappa shape index (κ1) is 12.4. The van der Waals surface area contributed by atoms with Gasteiger partial charge in [0.15, 0.2) is 0 Å². The lowest BCUT2D eigenvalue weighted by atomic mass is 10.1. The van der Waals surface area contributed by atoms with Gasteiger partial charge in [-0.25, -0.2) is 0 Å². The molecule has 0 aliphatic carbocycles. The number of fused-ring (bicyclic) bond motifs is 1. The van der Waals surface area contributed by atoms with Crippen LogP contribution in [0, 0.1) is 0 Å². The highest BCUT2D eigenvalue weighted by molar-refractivity contribution is 7.80. The number of carbonyl (C=O) groups is 1. The van der Waals surface area contributed by atoms with Gasteiger partial charge in [0.25, 0.3) is 0 Å². The van der Waals surface area contributed by atoms with E-state index in [-0.39, 0.29) is 6.54 Å². The van der Waals surface area contributed by atoms with Crippen molar-refractivity contribution >= 4 is 34.1 Å². The van der Waals surface area contributed by atoms with E-state index < -0.39 is 5.97 Å². The highest BCUT2D eigenvalue weighted by Gasteiger charge is 2.13. The Morgan fingerprint density at radius 1 is 1.39 bits per heavy atom. The molecule has 1 N–H and O–H groups in total. The second kappa shape index (κ2) is 5.10. The fourth-order valence-corrected chi connectivity index (χ4v) is 2.01. The molecule has 0 aliphatic rings. The van der Waals surface area contributed by atoms with Crippen LogP contribution in [0.5, 0.6) is 0 Å². The number of rotatable bonds is 3. The Morgan fingerprint density at radius 3 is 2.83 bits per heavy atom. The third-order valence-electron chi connectivity index (χ3n) is 2.60. The summed E-state index contributed by atoms with van der Waals surface area (Å²) in [6.07, 6.45) is 1.68. The molecule has 92 valence electrons. The van der Waals surface area contributed by atoms with Crippen LogP contribution in [-0.2, 0) is 4.79 Å². The topological polar surface area (TPSA) is 53.4 Å². The molecule has 0 fully saturated rings. The van der Waals surface area contributed by atoms with Crippen LogP contribution in [-0.4, -0.2) is 39.5 Å². The van der Waals surface area contributed by atoms with Crippen LogP contribution in [0.2, 0.25) is 0 Å². The Hall–Kier alpha value is -2.01. The molecule has 0 unspecified atom stereocenters. The average molecular weight is 260 g/mol. The van der Waals surface area contributed by atoms with Gasteiger partial charge in [-0.15, -0.1) is 0 Å². The predicted octanol–water partition coefficient (Wildman–Crippen LogP) is 1.93. The Bertz CT molecular complexity index is 607. The minimum Gasteiger partial charge on any atom is -0.480 e. The fraction of sp³-hybridized carbons (Fsp3) is 0.154. The largest absolute Gasteiger partial charge is 0.480 e. The number of hydrogen-bond acceptors (Lipinski definition) is 3. The zero-order chi connectivity index (χ0) is 13.1. The van der Waals surface area contributed by atoms with Gasteiger partial charge in [0.1, 0.15) is 11.5 Å². The SMILES string of the molecule is CN(CC(=O)O)C(=S)c1ccnc2ccccc12. The molecule has 1 heterocycles. The van der Waals surface area contributed by atoms with E-state index in [1.54, 1.807) is 18.1 Å². The molecule has 5 heteroatoms. The number of aliphatic carboxylic acids is 1. The molecule has 0 aliphatic heterocycles. The van der Waals surface area contributed by atoms with Crippen LogP contribution in [0.1, 0.15) is 5.56 Å². The van der Waals surface area contributed by atoms with Crippen LogP contribution in [0.25, 0.3) is 10.9 Å². The third-order valence-corrected chi connectivity index (χ3v) is 3.13. The number of benzene rings is 1. The average Bonchev–Trinajstić information content (AvgIpc) is 2.36. The van der Waals surface area contributed by atoms with E-state index in [1.807, 2.05) is 30.3 Å². The lowest BCUT2D eigenvalue weighted by molar-refractivity contribution is -0.137. The second-order valence-corrected chi connectivity index (χ2v) is 4.32. The fourth-order valence-electron chi connectivity index (χ4n) is 1.76. The standard InChI is InChI=1S/C13H12N2O2S/c1-15(8-12(16)17)13(18)10-6-7-14-11-5-3-2-4-9(10)11/h2-7H,8H2,1H3,(H,16,17). The van der Waals surface area contributed by atoms with Crippen molar-refractivity contribution in [1.29, 1.82) is 0 Å². The van der Waals surface area contributed by atoms with E-state index in [0.29, 0.717) is 4.99 Å². The monoisotopic (exact) mass is 260 g/mol. The quantitative estimate of drug-likeness (QED) is 0.855. The van der Waals surface area contributed by atoms with Crippen molar-refractivity contribution in [2.24, 2.45) is 0 Å². The first-order chi connectivity index (χ1) is 8.59. The molecule has 0 saturated heterocycles. The summed E-state index contributed by atoms with van der Waals surface area (Å²) in [5.74, 6) is -0.904. The Kier molecular flexibility index (Phi) is 3.53. The zero-order valence-electron chi connectivity index (χ0n) is 9.83. The third kappa shape index (κ3) is 2.46. The van der Waals surface area contributed by atoms with Gasteiger partial charge in [0.2, 0.25) is 0 Å². The molecular formula is C13H12N2O2S. The highest BCUT2D eigenvalue weighted by atomic mass is 32.1. The first-order valence-corrected chi connectivity index (χ1v) is 5.81. The lowest BCUT2D eigenvalue weighted by Gasteiger charge is -2.18. The summed E-state index contributed by atoms with van der Waals surface area (Å²) in [5, 5.41) is 9.71. The molecule has 0 atom stereocenters. The van der Waals surface area contributed by atoms with E-state index in [1.165, 1.54) is 0 Å². The highest BCUT2D eigenvalue weighted by Crippen LogP contribution is 2.18. The smallest absolute Gasteiger partial charge is 0.323 e. The number of para-hydroxylation sites is 1. The van der Waals surface area contributed by atoms with Crippen molar-refractivity contribution in [3.8, 4) is 0 Å². The molecule has 2 rings (SSSR count). The van der Waals surface area contributed by atoms with E-state index in [9.17, 15) is 4.79 Å².